The molecule has 0 unspecified atom stereocenters. The Balaban J connectivity index is 2.31. The molecule has 1 amide bonds. The topological polar surface area (TPSA) is 72.2 Å². The van der Waals surface area contributed by atoms with E-state index in [0.717, 1.165) is 12.1 Å². The van der Waals surface area contributed by atoms with Crippen molar-refractivity contribution in [1.29, 1.82) is 0 Å². The molecular weight excluding hydrogens is 336 g/mol. The van der Waals surface area contributed by atoms with Crippen molar-refractivity contribution in [1.82, 2.24) is 5.32 Å². The van der Waals surface area contributed by atoms with E-state index in [1.54, 1.807) is 0 Å². The second-order valence-corrected chi connectivity index (χ2v) is 5.37. The first kappa shape index (κ1) is 15.8. The Hall–Kier alpha value is -1.54. The largest absolute Gasteiger partial charge is 0.411 e. The van der Waals surface area contributed by atoms with Crippen LogP contribution in [0, 0.1) is 10.1 Å². The van der Waals surface area contributed by atoms with E-state index in [1.165, 1.54) is 0 Å². The van der Waals surface area contributed by atoms with Gasteiger partial charge in [0.2, 0.25) is 0 Å². The molecular formula is C11H7Cl2F3N2O3. The van der Waals surface area contributed by atoms with Crippen LogP contribution in [0.5, 0.6) is 0 Å². The zero-order valence-electron chi connectivity index (χ0n) is 10.1. The van der Waals surface area contributed by atoms with Crippen LogP contribution in [0.25, 0.3) is 0 Å². The summed E-state index contributed by atoms with van der Waals surface area (Å²) < 4.78 is 38.3. The monoisotopic (exact) mass is 342 g/mol. The second kappa shape index (κ2) is 5.03. The molecule has 1 fully saturated rings. The van der Waals surface area contributed by atoms with Gasteiger partial charge in [0.1, 0.15) is 10.6 Å². The van der Waals surface area contributed by atoms with Gasteiger partial charge in [-0.25, -0.2) is 0 Å². The quantitative estimate of drug-likeness (QED) is 0.671. The van der Waals surface area contributed by atoms with E-state index >= 15 is 0 Å². The van der Waals surface area contributed by atoms with Gasteiger partial charge in [0.15, 0.2) is 0 Å². The Morgan fingerprint density at radius 2 is 1.90 bits per heavy atom. The van der Waals surface area contributed by atoms with Gasteiger partial charge in [0.25, 0.3) is 11.6 Å². The molecule has 1 aliphatic carbocycles. The van der Waals surface area contributed by atoms with E-state index < -0.39 is 28.2 Å². The molecule has 10 heteroatoms. The number of nitro benzene ring substituents is 1. The summed E-state index contributed by atoms with van der Waals surface area (Å²) in [4.78, 5) is 21.7. The summed E-state index contributed by atoms with van der Waals surface area (Å²) in [5.74, 6) is -1.09. The van der Waals surface area contributed by atoms with Gasteiger partial charge in [-0.15, -0.1) is 0 Å². The van der Waals surface area contributed by atoms with Gasteiger partial charge < -0.3 is 5.32 Å². The molecule has 5 nitrogen and oxygen atoms in total. The second-order valence-electron chi connectivity index (χ2n) is 4.58. The first-order valence-corrected chi connectivity index (χ1v) is 6.36. The highest BCUT2D eigenvalue weighted by Crippen LogP contribution is 2.49. The number of amides is 1. The predicted molar refractivity (Wildman–Crippen MR) is 68.6 cm³/mol. The summed E-state index contributed by atoms with van der Waals surface area (Å²) in [6.07, 6.45) is -5.04. The van der Waals surface area contributed by atoms with Crippen LogP contribution in [-0.4, -0.2) is 22.5 Å². The lowest BCUT2D eigenvalue weighted by molar-refractivity contribution is -0.384. The lowest BCUT2D eigenvalue weighted by atomic mass is 10.1. The number of alkyl halides is 3. The number of halogens is 5. The highest BCUT2D eigenvalue weighted by atomic mass is 35.5. The molecule has 0 radical (unpaired) electrons. The molecule has 21 heavy (non-hydrogen) atoms. The van der Waals surface area contributed by atoms with Crippen molar-refractivity contribution in [3.05, 3.63) is 37.9 Å². The van der Waals surface area contributed by atoms with Gasteiger partial charge in [-0.3, -0.25) is 14.9 Å². The summed E-state index contributed by atoms with van der Waals surface area (Å²) >= 11 is 11.2. The van der Waals surface area contributed by atoms with E-state index in [2.05, 4.69) is 0 Å². The molecule has 0 aliphatic heterocycles. The highest BCUT2D eigenvalue weighted by molar-refractivity contribution is 6.43. The third-order valence-electron chi connectivity index (χ3n) is 3.11. The molecule has 1 saturated carbocycles. The van der Waals surface area contributed by atoms with Crippen molar-refractivity contribution in [2.75, 3.05) is 0 Å². The molecule has 1 aliphatic rings. The molecule has 1 aromatic rings. The zero-order chi connectivity index (χ0) is 16.0. The lowest BCUT2D eigenvalue weighted by Gasteiger charge is -2.20. The van der Waals surface area contributed by atoms with Gasteiger partial charge in [0.05, 0.1) is 9.95 Å². The maximum absolute atomic E-state index is 12.8. The number of nitro groups is 1. The van der Waals surface area contributed by atoms with Crippen LogP contribution in [0.1, 0.15) is 23.2 Å². The van der Waals surface area contributed by atoms with Crippen LogP contribution in [0.2, 0.25) is 10.0 Å². The smallest absolute Gasteiger partial charge is 0.338 e. The number of hydrogen-bond acceptors (Lipinski definition) is 3. The lowest BCUT2D eigenvalue weighted by Crippen LogP contribution is -2.47. The van der Waals surface area contributed by atoms with Crippen LogP contribution in [0.15, 0.2) is 12.1 Å². The van der Waals surface area contributed by atoms with Crippen LogP contribution in [0.4, 0.5) is 18.9 Å². The average Bonchev–Trinajstić information content (AvgIpc) is 3.12. The minimum Gasteiger partial charge on any atom is -0.338 e. The first-order valence-electron chi connectivity index (χ1n) is 5.60. The fourth-order valence-electron chi connectivity index (χ4n) is 1.73. The normalized spacial score (nSPS) is 16.4. The summed E-state index contributed by atoms with van der Waals surface area (Å²) in [6, 6.07) is 1.77. The van der Waals surface area contributed by atoms with Crippen molar-refractivity contribution >= 4 is 34.8 Å². The number of nitrogens with zero attached hydrogens (tertiary/aromatic N) is 1. The standard InChI is InChI=1S/C11H7Cl2F3N2O3/c12-6-3-5(4-7(8(6)13)18(20)21)9(19)17-10(1-2-10)11(14,15)16/h3-4H,1-2H2,(H,17,19). The Morgan fingerprint density at radius 1 is 1.33 bits per heavy atom. The van der Waals surface area contributed by atoms with Crippen LogP contribution in [-0.2, 0) is 0 Å². The van der Waals surface area contributed by atoms with E-state index in [4.69, 9.17) is 23.2 Å². The number of carbonyl (C=O) groups is 1. The number of nitrogens with one attached hydrogen (secondary N) is 1. The van der Waals surface area contributed by atoms with Crippen molar-refractivity contribution in [2.24, 2.45) is 0 Å². The SMILES string of the molecule is O=C(NC1(C(F)(F)F)CC1)c1cc(Cl)c(Cl)c([N+](=O)[O-])c1. The summed E-state index contributed by atoms with van der Waals surface area (Å²) in [5.41, 5.74) is -3.26. The minimum atomic E-state index is -4.58. The van der Waals surface area contributed by atoms with E-state index in [0.29, 0.717) is 0 Å². The molecule has 0 spiro atoms. The van der Waals surface area contributed by atoms with Gasteiger partial charge in [0, 0.05) is 11.6 Å². The summed E-state index contributed by atoms with van der Waals surface area (Å²) in [5, 5.41) is 11.9. The Kier molecular flexibility index (Phi) is 3.79. The predicted octanol–water partition coefficient (Wildman–Crippen LogP) is 3.73. The van der Waals surface area contributed by atoms with E-state index in [9.17, 15) is 28.1 Å². The van der Waals surface area contributed by atoms with Crippen LogP contribution >= 0.6 is 23.2 Å². The van der Waals surface area contributed by atoms with Crippen molar-refractivity contribution in [2.45, 2.75) is 24.6 Å². The van der Waals surface area contributed by atoms with Gasteiger partial charge >= 0.3 is 6.18 Å². The summed E-state index contributed by atoms with van der Waals surface area (Å²) in [7, 11) is 0. The summed E-state index contributed by atoms with van der Waals surface area (Å²) in [6.45, 7) is 0. The third kappa shape index (κ3) is 2.91. The first-order chi connectivity index (χ1) is 9.57. The maximum atomic E-state index is 12.8. The van der Waals surface area contributed by atoms with Gasteiger partial charge in [-0.2, -0.15) is 13.2 Å². The van der Waals surface area contributed by atoms with Gasteiger partial charge in [-0.1, -0.05) is 23.2 Å². The van der Waals surface area contributed by atoms with Crippen LogP contribution in [0.3, 0.4) is 0 Å². The molecule has 2 rings (SSSR count). The molecule has 1 aromatic carbocycles. The number of carbonyl (C=O) groups excluding carboxylic acids is 1. The number of hydrogen-bond donors (Lipinski definition) is 1. The fraction of sp³-hybridized carbons (Fsp3) is 0.364. The average molecular weight is 343 g/mol. The molecule has 0 saturated heterocycles. The van der Waals surface area contributed by atoms with Crippen molar-refractivity contribution in [3.63, 3.8) is 0 Å². The molecule has 114 valence electrons. The Morgan fingerprint density at radius 3 is 2.33 bits per heavy atom. The molecule has 0 heterocycles. The fourth-order valence-corrected chi connectivity index (χ4v) is 2.12. The molecule has 1 N–H and O–H groups in total. The van der Waals surface area contributed by atoms with Crippen molar-refractivity contribution < 1.29 is 22.9 Å². The number of benzene rings is 1. The third-order valence-corrected chi connectivity index (χ3v) is 3.91. The minimum absolute atomic E-state index is 0.231. The maximum Gasteiger partial charge on any atom is 0.411 e. The highest BCUT2D eigenvalue weighted by Gasteiger charge is 2.64. The number of rotatable bonds is 3. The molecule has 0 bridgehead atoms. The van der Waals surface area contributed by atoms with E-state index in [-0.39, 0.29) is 28.5 Å². The Bertz CT molecular complexity index is 630. The van der Waals surface area contributed by atoms with Crippen LogP contribution < -0.4 is 5.32 Å². The zero-order valence-corrected chi connectivity index (χ0v) is 11.6. The molecule has 0 atom stereocenters. The molecule has 0 aromatic heterocycles. The van der Waals surface area contributed by atoms with Crippen molar-refractivity contribution in [3.8, 4) is 0 Å². The van der Waals surface area contributed by atoms with E-state index in [1.807, 2.05) is 5.32 Å². The van der Waals surface area contributed by atoms with Gasteiger partial charge in [-0.05, 0) is 18.9 Å². The Labute approximate surface area is 126 Å².